The van der Waals surface area contributed by atoms with Crippen LogP contribution < -0.4 is 4.90 Å². The quantitative estimate of drug-likeness (QED) is 0.382. The van der Waals surface area contributed by atoms with E-state index in [1.54, 1.807) is 11.3 Å². The molecule has 1 atom stereocenters. The monoisotopic (exact) mass is 517 g/mol. The number of rotatable bonds is 3. The van der Waals surface area contributed by atoms with Crippen LogP contribution in [0.1, 0.15) is 30.2 Å². The van der Waals surface area contributed by atoms with E-state index in [1.165, 1.54) is 14.6 Å². The summed E-state index contributed by atoms with van der Waals surface area (Å²) in [5.74, 6) is 0.243. The molecule has 2 saturated heterocycles. The highest BCUT2D eigenvalue weighted by Gasteiger charge is 2.43. The maximum absolute atomic E-state index is 13.0. The van der Waals surface area contributed by atoms with Gasteiger partial charge in [0.15, 0.2) is 0 Å². The Morgan fingerprint density at radius 2 is 1.72 bits per heavy atom. The minimum atomic E-state index is -0.335. The molecule has 0 N–H and O–H groups in total. The van der Waals surface area contributed by atoms with Gasteiger partial charge in [-0.25, -0.2) is 9.88 Å². The number of para-hydroxylation sites is 1. The van der Waals surface area contributed by atoms with Gasteiger partial charge in [0.1, 0.15) is 0 Å². The van der Waals surface area contributed by atoms with Gasteiger partial charge in [0.05, 0.1) is 33.4 Å². The predicted molar refractivity (Wildman–Crippen MR) is 123 cm³/mol. The van der Waals surface area contributed by atoms with Crippen molar-refractivity contribution < 1.29 is 9.59 Å². The first-order valence-electron chi connectivity index (χ1n) is 9.82. The lowest BCUT2D eigenvalue weighted by Crippen LogP contribution is -2.45. The van der Waals surface area contributed by atoms with E-state index in [4.69, 9.17) is 4.98 Å². The van der Waals surface area contributed by atoms with Crippen LogP contribution in [0.15, 0.2) is 48.5 Å². The molecule has 7 heteroatoms. The second-order valence-electron chi connectivity index (χ2n) is 7.59. The molecular formula is C22H20IN3O2S. The molecule has 5 rings (SSSR count). The van der Waals surface area contributed by atoms with Crippen LogP contribution in [0, 0.1) is 3.57 Å². The minimum Gasteiger partial charge on any atom is -0.291 e. The Labute approximate surface area is 186 Å². The van der Waals surface area contributed by atoms with E-state index in [2.05, 4.69) is 45.7 Å². The summed E-state index contributed by atoms with van der Waals surface area (Å²) in [5, 5.41) is 1.19. The number of halogens is 1. The number of carbonyl (C=O) groups is 2. The first-order valence-corrected chi connectivity index (χ1v) is 11.7. The summed E-state index contributed by atoms with van der Waals surface area (Å²) in [7, 11) is 0. The number of hydrogen-bond acceptors (Lipinski definition) is 5. The number of thiazole rings is 1. The zero-order valence-corrected chi connectivity index (χ0v) is 18.7. The van der Waals surface area contributed by atoms with Gasteiger partial charge in [0.25, 0.3) is 5.91 Å². The van der Waals surface area contributed by atoms with Crippen molar-refractivity contribution in [3.8, 4) is 0 Å². The number of hydrogen-bond donors (Lipinski definition) is 0. The average Bonchev–Trinajstić information content (AvgIpc) is 3.30. The number of fused-ring (bicyclic) bond motifs is 1. The molecule has 2 aliphatic heterocycles. The van der Waals surface area contributed by atoms with Crippen LogP contribution in [0.5, 0.6) is 0 Å². The number of imide groups is 1. The predicted octanol–water partition coefficient (Wildman–Crippen LogP) is 4.41. The fourth-order valence-corrected chi connectivity index (χ4v) is 5.78. The Hall–Kier alpha value is -1.84. The van der Waals surface area contributed by atoms with Crippen molar-refractivity contribution in [2.24, 2.45) is 0 Å². The summed E-state index contributed by atoms with van der Waals surface area (Å²) in [6.07, 6.45) is 2.22. The number of nitrogens with zero attached hydrogens (tertiary/aromatic N) is 3. The second-order valence-corrected chi connectivity index (χ2v) is 9.90. The number of carbonyl (C=O) groups excluding carboxylic acids is 2. The van der Waals surface area contributed by atoms with E-state index in [-0.39, 0.29) is 24.3 Å². The zero-order chi connectivity index (χ0) is 20.0. The molecule has 2 aromatic carbocycles. The molecule has 3 heterocycles. The molecule has 2 fully saturated rings. The van der Waals surface area contributed by atoms with Crippen molar-refractivity contribution in [3.63, 3.8) is 0 Å². The molecule has 0 aliphatic carbocycles. The van der Waals surface area contributed by atoms with Crippen molar-refractivity contribution in [1.82, 2.24) is 9.88 Å². The summed E-state index contributed by atoms with van der Waals surface area (Å²) in [5.41, 5.74) is 1.74. The third-order valence-electron chi connectivity index (χ3n) is 5.84. The number of likely N-dealkylation sites (tertiary alicyclic amines) is 1. The molecule has 0 bridgehead atoms. The Morgan fingerprint density at radius 1 is 1.00 bits per heavy atom. The van der Waals surface area contributed by atoms with Gasteiger partial charge in [-0.3, -0.25) is 14.5 Å². The molecule has 0 saturated carbocycles. The van der Waals surface area contributed by atoms with Gasteiger partial charge >= 0.3 is 0 Å². The van der Waals surface area contributed by atoms with Gasteiger partial charge in [0, 0.05) is 9.49 Å². The van der Waals surface area contributed by atoms with Crippen molar-refractivity contribution in [3.05, 3.63) is 57.1 Å². The molecule has 2 aliphatic rings. The number of amides is 2. The van der Waals surface area contributed by atoms with Crippen molar-refractivity contribution in [2.45, 2.75) is 31.2 Å². The van der Waals surface area contributed by atoms with Gasteiger partial charge in [0.2, 0.25) is 5.91 Å². The van der Waals surface area contributed by atoms with Gasteiger partial charge in [-0.1, -0.05) is 12.1 Å². The SMILES string of the molecule is O=C1C[C@H](N2CCC(c3nc4ccccc4s3)CC2)C(=O)N1c1ccc(I)cc1. The molecule has 148 valence electrons. The molecule has 3 aromatic rings. The Bertz CT molecular complexity index is 1040. The molecular weight excluding hydrogens is 497 g/mol. The lowest BCUT2D eigenvalue weighted by Gasteiger charge is -2.34. The Kier molecular flexibility index (Phi) is 5.13. The molecule has 29 heavy (non-hydrogen) atoms. The number of anilines is 1. The first kappa shape index (κ1) is 19.1. The van der Waals surface area contributed by atoms with Crippen LogP contribution in [0.3, 0.4) is 0 Å². The summed E-state index contributed by atoms with van der Waals surface area (Å²) >= 11 is 4.00. The third-order valence-corrected chi connectivity index (χ3v) is 7.76. The summed E-state index contributed by atoms with van der Waals surface area (Å²) in [6, 6.07) is 15.5. The number of piperidine rings is 1. The maximum Gasteiger partial charge on any atom is 0.251 e. The molecule has 2 amide bonds. The Morgan fingerprint density at radius 3 is 2.45 bits per heavy atom. The van der Waals surface area contributed by atoms with E-state index in [0.29, 0.717) is 11.6 Å². The molecule has 0 radical (unpaired) electrons. The van der Waals surface area contributed by atoms with E-state index in [0.717, 1.165) is 35.0 Å². The molecule has 1 aromatic heterocycles. The largest absolute Gasteiger partial charge is 0.291 e. The van der Waals surface area contributed by atoms with Crippen molar-refractivity contribution in [1.29, 1.82) is 0 Å². The van der Waals surface area contributed by atoms with Crippen LogP contribution in [-0.4, -0.2) is 40.8 Å². The first-order chi connectivity index (χ1) is 14.1. The van der Waals surface area contributed by atoms with E-state index in [1.807, 2.05) is 30.3 Å². The molecule has 0 unspecified atom stereocenters. The van der Waals surface area contributed by atoms with Crippen LogP contribution >= 0.6 is 33.9 Å². The summed E-state index contributed by atoms with van der Waals surface area (Å²) in [4.78, 5) is 34.0. The van der Waals surface area contributed by atoms with E-state index in [9.17, 15) is 9.59 Å². The van der Waals surface area contributed by atoms with Crippen LogP contribution in [-0.2, 0) is 9.59 Å². The zero-order valence-electron chi connectivity index (χ0n) is 15.8. The lowest BCUT2D eigenvalue weighted by molar-refractivity contribution is -0.123. The van der Waals surface area contributed by atoms with E-state index < -0.39 is 0 Å². The lowest BCUT2D eigenvalue weighted by atomic mass is 9.96. The van der Waals surface area contributed by atoms with Gasteiger partial charge in [-0.2, -0.15) is 0 Å². The topological polar surface area (TPSA) is 53.5 Å². The van der Waals surface area contributed by atoms with E-state index >= 15 is 0 Å². The van der Waals surface area contributed by atoms with Crippen LogP contribution in [0.2, 0.25) is 0 Å². The fraction of sp³-hybridized carbons (Fsp3) is 0.318. The Balaban J connectivity index is 1.27. The van der Waals surface area contributed by atoms with Crippen LogP contribution in [0.4, 0.5) is 5.69 Å². The van der Waals surface area contributed by atoms with Gasteiger partial charge in [-0.15, -0.1) is 11.3 Å². The highest BCUT2D eigenvalue weighted by atomic mass is 127. The third kappa shape index (κ3) is 3.60. The summed E-state index contributed by atoms with van der Waals surface area (Å²) in [6.45, 7) is 1.65. The van der Waals surface area contributed by atoms with Crippen molar-refractivity contribution in [2.75, 3.05) is 18.0 Å². The average molecular weight is 517 g/mol. The number of aromatic nitrogens is 1. The highest BCUT2D eigenvalue weighted by Crippen LogP contribution is 2.35. The van der Waals surface area contributed by atoms with Crippen molar-refractivity contribution >= 4 is 61.6 Å². The molecule has 0 spiro atoms. The fourth-order valence-electron chi connectivity index (χ4n) is 4.29. The van der Waals surface area contributed by atoms with Crippen LogP contribution in [0.25, 0.3) is 10.2 Å². The highest BCUT2D eigenvalue weighted by molar-refractivity contribution is 14.1. The minimum absolute atomic E-state index is 0.0883. The van der Waals surface area contributed by atoms with Gasteiger partial charge in [-0.05, 0) is 84.9 Å². The smallest absolute Gasteiger partial charge is 0.251 e. The second kappa shape index (κ2) is 7.77. The van der Waals surface area contributed by atoms with Gasteiger partial charge < -0.3 is 0 Å². The number of benzene rings is 2. The summed E-state index contributed by atoms with van der Waals surface area (Å²) < 4.78 is 2.31. The molecule has 5 nitrogen and oxygen atoms in total. The maximum atomic E-state index is 13.0. The normalized spacial score (nSPS) is 21.4. The standard InChI is InChI=1S/C22H20IN3O2S/c23-15-5-7-16(8-6-15)26-20(27)13-18(22(26)28)25-11-9-14(10-12-25)21-24-17-3-1-2-4-19(17)29-21/h1-8,14,18H,9-13H2/t18-/m0/s1.